The molecule has 92 valence electrons. The molecule has 17 heavy (non-hydrogen) atoms. The van der Waals surface area contributed by atoms with Crippen molar-refractivity contribution in [1.82, 2.24) is 4.31 Å². The molecule has 0 saturated heterocycles. The van der Waals surface area contributed by atoms with Crippen LogP contribution in [0.2, 0.25) is 0 Å². The normalized spacial score (nSPS) is 11.5. The van der Waals surface area contributed by atoms with Crippen molar-refractivity contribution in [3.05, 3.63) is 29.3 Å². The van der Waals surface area contributed by atoms with Crippen LogP contribution in [-0.4, -0.2) is 31.6 Å². The molecule has 1 aromatic carbocycles. The molecule has 0 spiro atoms. The van der Waals surface area contributed by atoms with Gasteiger partial charge in [0.1, 0.15) is 0 Å². The van der Waals surface area contributed by atoms with Crippen molar-refractivity contribution in [3.63, 3.8) is 0 Å². The van der Waals surface area contributed by atoms with Crippen LogP contribution in [0.5, 0.6) is 0 Å². The fourth-order valence-corrected chi connectivity index (χ4v) is 3.54. The van der Waals surface area contributed by atoms with Gasteiger partial charge in [0.25, 0.3) is 0 Å². The maximum atomic E-state index is 12.2. The summed E-state index contributed by atoms with van der Waals surface area (Å²) < 4.78 is 25.7. The van der Waals surface area contributed by atoms with E-state index in [1.165, 1.54) is 17.4 Å². The Morgan fingerprint density at radius 2 is 2.12 bits per heavy atom. The van der Waals surface area contributed by atoms with Crippen molar-refractivity contribution in [2.45, 2.75) is 11.8 Å². The van der Waals surface area contributed by atoms with Gasteiger partial charge in [-0.1, -0.05) is 22.0 Å². The molecule has 0 saturated carbocycles. The van der Waals surface area contributed by atoms with E-state index in [1.807, 2.05) is 6.07 Å². The molecule has 0 aliphatic carbocycles. The molecule has 0 aliphatic rings. The van der Waals surface area contributed by atoms with Gasteiger partial charge in [-0.25, -0.2) is 12.7 Å². The average Bonchev–Trinajstić information content (AvgIpc) is 2.29. The van der Waals surface area contributed by atoms with E-state index in [2.05, 4.69) is 15.9 Å². The van der Waals surface area contributed by atoms with Crippen molar-refractivity contribution in [3.8, 4) is 6.07 Å². The third kappa shape index (κ3) is 3.06. The van der Waals surface area contributed by atoms with Crippen molar-refractivity contribution in [1.29, 1.82) is 5.26 Å². The van der Waals surface area contributed by atoms with E-state index in [9.17, 15) is 8.42 Å². The molecule has 0 amide bonds. The zero-order chi connectivity index (χ0) is 13.1. The molecule has 0 heterocycles. The Balaban J connectivity index is 3.28. The Bertz CT molecular complexity index is 549. The monoisotopic (exact) mass is 316 g/mol. The lowest BCUT2D eigenvalue weighted by molar-refractivity contribution is 0.489. The summed E-state index contributed by atoms with van der Waals surface area (Å²) in [5.74, 6) is 0. The number of alkyl halides is 1. The largest absolute Gasteiger partial charge is 0.243 e. The summed E-state index contributed by atoms with van der Waals surface area (Å²) in [6, 6.07) is 6.61. The van der Waals surface area contributed by atoms with Crippen LogP contribution in [-0.2, 0) is 10.0 Å². The highest BCUT2D eigenvalue weighted by Crippen LogP contribution is 2.20. The van der Waals surface area contributed by atoms with Gasteiger partial charge in [0.2, 0.25) is 10.0 Å². The molecule has 0 aliphatic heterocycles. The molecule has 0 fully saturated rings. The topological polar surface area (TPSA) is 61.2 Å². The molecule has 1 aromatic rings. The van der Waals surface area contributed by atoms with E-state index in [4.69, 9.17) is 5.26 Å². The van der Waals surface area contributed by atoms with Gasteiger partial charge in [-0.2, -0.15) is 5.26 Å². The van der Waals surface area contributed by atoms with Crippen LogP contribution in [0.4, 0.5) is 0 Å². The van der Waals surface area contributed by atoms with Gasteiger partial charge >= 0.3 is 0 Å². The minimum absolute atomic E-state index is 0.194. The SMILES string of the molecule is Cc1ccc(C#N)cc1S(=O)(=O)N(C)CCBr. The maximum Gasteiger partial charge on any atom is 0.243 e. The molecule has 0 unspecified atom stereocenters. The Morgan fingerprint density at radius 3 is 2.65 bits per heavy atom. The summed E-state index contributed by atoms with van der Waals surface area (Å²) in [5.41, 5.74) is 0.992. The first-order valence-corrected chi connectivity index (χ1v) is 7.52. The Labute approximate surface area is 110 Å². The molecule has 4 nitrogen and oxygen atoms in total. The van der Waals surface area contributed by atoms with Gasteiger partial charge < -0.3 is 0 Å². The Kier molecular flexibility index (Phi) is 4.69. The van der Waals surface area contributed by atoms with Gasteiger partial charge in [-0.3, -0.25) is 0 Å². The number of benzene rings is 1. The van der Waals surface area contributed by atoms with Crippen LogP contribution in [0, 0.1) is 18.3 Å². The predicted molar refractivity (Wildman–Crippen MR) is 69.5 cm³/mol. The van der Waals surface area contributed by atoms with Crippen LogP contribution in [0.25, 0.3) is 0 Å². The first-order chi connectivity index (χ1) is 7.93. The second kappa shape index (κ2) is 5.63. The number of hydrogen-bond donors (Lipinski definition) is 0. The van der Waals surface area contributed by atoms with Crippen LogP contribution in [0.3, 0.4) is 0 Å². The first-order valence-electron chi connectivity index (χ1n) is 4.96. The van der Waals surface area contributed by atoms with Gasteiger partial charge in [-0.05, 0) is 24.6 Å². The third-order valence-corrected chi connectivity index (χ3v) is 4.76. The highest BCUT2D eigenvalue weighted by molar-refractivity contribution is 9.09. The zero-order valence-corrected chi connectivity index (χ0v) is 12.0. The molecule has 1 rings (SSSR count). The highest BCUT2D eigenvalue weighted by atomic mass is 79.9. The second-order valence-electron chi connectivity index (χ2n) is 3.61. The second-order valence-corrected chi connectivity index (χ2v) is 6.41. The minimum atomic E-state index is -3.51. The van der Waals surface area contributed by atoms with E-state index < -0.39 is 10.0 Å². The standard InChI is InChI=1S/C11H13BrN2O2S/c1-9-3-4-10(8-13)7-11(9)17(15,16)14(2)6-5-12/h3-4,7H,5-6H2,1-2H3. The summed E-state index contributed by atoms with van der Waals surface area (Å²) in [6.07, 6.45) is 0. The lowest BCUT2D eigenvalue weighted by Gasteiger charge is -2.17. The van der Waals surface area contributed by atoms with Gasteiger partial charge in [0.05, 0.1) is 16.5 Å². The smallest absolute Gasteiger partial charge is 0.207 e. The van der Waals surface area contributed by atoms with Crippen molar-refractivity contribution in [2.24, 2.45) is 0 Å². The number of sulfonamides is 1. The van der Waals surface area contributed by atoms with Crippen molar-refractivity contribution >= 4 is 26.0 Å². The lowest BCUT2D eigenvalue weighted by atomic mass is 10.2. The van der Waals surface area contributed by atoms with Crippen LogP contribution in [0.15, 0.2) is 23.1 Å². The van der Waals surface area contributed by atoms with E-state index in [1.54, 1.807) is 19.1 Å². The number of hydrogen-bond acceptors (Lipinski definition) is 3. The molecule has 0 bridgehead atoms. The summed E-state index contributed by atoms with van der Waals surface area (Å²) in [5, 5.41) is 9.36. The number of aryl methyl sites for hydroxylation is 1. The molecular weight excluding hydrogens is 304 g/mol. The predicted octanol–water partition coefficient (Wildman–Crippen LogP) is 1.88. The average molecular weight is 317 g/mol. The molecule has 0 aromatic heterocycles. The van der Waals surface area contributed by atoms with E-state index >= 15 is 0 Å². The summed E-state index contributed by atoms with van der Waals surface area (Å²) in [6.45, 7) is 2.11. The summed E-state index contributed by atoms with van der Waals surface area (Å²) in [4.78, 5) is 0.194. The van der Waals surface area contributed by atoms with Crippen LogP contribution < -0.4 is 0 Å². The quantitative estimate of drug-likeness (QED) is 0.797. The van der Waals surface area contributed by atoms with Crippen LogP contribution in [0.1, 0.15) is 11.1 Å². The van der Waals surface area contributed by atoms with Crippen molar-refractivity contribution in [2.75, 3.05) is 18.9 Å². The Morgan fingerprint density at radius 1 is 1.47 bits per heavy atom. The molecule has 0 atom stereocenters. The highest BCUT2D eigenvalue weighted by Gasteiger charge is 2.22. The van der Waals surface area contributed by atoms with E-state index in [0.29, 0.717) is 23.0 Å². The van der Waals surface area contributed by atoms with E-state index in [-0.39, 0.29) is 4.90 Å². The number of rotatable bonds is 4. The number of nitriles is 1. The maximum absolute atomic E-state index is 12.2. The first kappa shape index (κ1) is 14.2. The summed E-state index contributed by atoms with van der Waals surface area (Å²) in [7, 11) is -1.99. The van der Waals surface area contributed by atoms with Gasteiger partial charge in [-0.15, -0.1) is 0 Å². The number of halogens is 1. The Hall–Kier alpha value is -0.900. The molecule has 0 N–H and O–H groups in total. The van der Waals surface area contributed by atoms with Gasteiger partial charge in [0.15, 0.2) is 0 Å². The summed E-state index contributed by atoms with van der Waals surface area (Å²) >= 11 is 3.20. The van der Waals surface area contributed by atoms with E-state index in [0.717, 1.165) is 0 Å². The fraction of sp³-hybridized carbons (Fsp3) is 0.364. The molecular formula is C11H13BrN2O2S. The molecule has 6 heteroatoms. The van der Waals surface area contributed by atoms with Crippen LogP contribution >= 0.6 is 15.9 Å². The lowest BCUT2D eigenvalue weighted by Crippen LogP contribution is -2.29. The van der Waals surface area contributed by atoms with Crippen molar-refractivity contribution < 1.29 is 8.42 Å². The third-order valence-electron chi connectivity index (χ3n) is 2.40. The zero-order valence-electron chi connectivity index (χ0n) is 9.64. The van der Waals surface area contributed by atoms with Gasteiger partial charge in [0, 0.05) is 18.9 Å². The fourth-order valence-electron chi connectivity index (χ4n) is 1.35. The minimum Gasteiger partial charge on any atom is -0.207 e. The molecule has 0 radical (unpaired) electrons. The number of nitrogens with zero attached hydrogens (tertiary/aromatic N) is 2.